The molecule has 2 nitrogen and oxygen atoms in total. The first-order chi connectivity index (χ1) is 9.29. The van der Waals surface area contributed by atoms with Crippen LogP contribution in [0.15, 0.2) is 28.2 Å². The zero-order valence-electron chi connectivity index (χ0n) is 10.8. The van der Waals surface area contributed by atoms with Crippen LogP contribution in [0.25, 0.3) is 0 Å². The lowest BCUT2D eigenvalue weighted by atomic mass is 10.1. The number of rotatable bonds is 3. The molecule has 0 aliphatic heterocycles. The second kappa shape index (κ2) is 5.73. The fraction of sp³-hybridized carbons (Fsp3) is 0.308. The van der Waals surface area contributed by atoms with Crippen LogP contribution in [0.4, 0.5) is 18.9 Å². The van der Waals surface area contributed by atoms with Crippen molar-refractivity contribution in [3.63, 3.8) is 0 Å². The minimum Gasteiger partial charge on any atom is -0.377 e. The molecule has 0 bridgehead atoms. The first kappa shape index (κ1) is 15.3. The molecule has 2 rings (SSSR count). The molecule has 0 aliphatic carbocycles. The van der Waals surface area contributed by atoms with Crippen LogP contribution in [0.3, 0.4) is 0 Å². The van der Waals surface area contributed by atoms with Gasteiger partial charge >= 0.3 is 6.18 Å². The van der Waals surface area contributed by atoms with Crippen LogP contribution >= 0.6 is 27.3 Å². The van der Waals surface area contributed by atoms with E-state index in [1.165, 1.54) is 17.4 Å². The van der Waals surface area contributed by atoms with Gasteiger partial charge in [-0.05, 0) is 32.0 Å². The predicted octanol–water partition coefficient (Wildman–Crippen LogP) is 5.41. The number of hydrogen-bond acceptors (Lipinski definition) is 3. The van der Waals surface area contributed by atoms with Crippen molar-refractivity contribution >= 4 is 33.0 Å². The molecule has 0 radical (unpaired) electrons. The number of aromatic nitrogens is 1. The van der Waals surface area contributed by atoms with Crippen LogP contribution in [-0.4, -0.2) is 4.98 Å². The summed E-state index contributed by atoms with van der Waals surface area (Å²) in [6, 6.07) is 3.86. The van der Waals surface area contributed by atoms with E-state index in [0.717, 1.165) is 16.6 Å². The number of anilines is 1. The summed E-state index contributed by atoms with van der Waals surface area (Å²) < 4.78 is 39.5. The Kier molecular flexibility index (Phi) is 4.39. The highest BCUT2D eigenvalue weighted by atomic mass is 79.9. The van der Waals surface area contributed by atoms with E-state index < -0.39 is 11.7 Å². The molecule has 1 aromatic heterocycles. The molecular weight excluding hydrogens is 353 g/mol. The highest BCUT2D eigenvalue weighted by molar-refractivity contribution is 9.10. The average molecular weight is 365 g/mol. The van der Waals surface area contributed by atoms with Crippen LogP contribution in [0.2, 0.25) is 0 Å². The molecule has 20 heavy (non-hydrogen) atoms. The monoisotopic (exact) mass is 364 g/mol. The van der Waals surface area contributed by atoms with Crippen LogP contribution in [0.1, 0.15) is 29.1 Å². The summed E-state index contributed by atoms with van der Waals surface area (Å²) >= 11 is 4.50. The van der Waals surface area contributed by atoms with Gasteiger partial charge in [0.1, 0.15) is 0 Å². The van der Waals surface area contributed by atoms with Crippen molar-refractivity contribution in [2.45, 2.75) is 26.1 Å². The van der Waals surface area contributed by atoms with Gasteiger partial charge in [0.15, 0.2) is 0 Å². The molecule has 108 valence electrons. The fourth-order valence-electron chi connectivity index (χ4n) is 1.90. The second-order valence-corrected chi connectivity index (χ2v) is 6.16. The molecule has 0 saturated heterocycles. The molecule has 1 heterocycles. The summed E-state index contributed by atoms with van der Waals surface area (Å²) in [7, 11) is 0. The summed E-state index contributed by atoms with van der Waals surface area (Å²) in [6.07, 6.45) is -4.39. The van der Waals surface area contributed by atoms with Gasteiger partial charge in [-0.3, -0.25) is 0 Å². The molecule has 0 amide bonds. The van der Waals surface area contributed by atoms with Crippen molar-refractivity contribution in [3.05, 3.63) is 44.3 Å². The first-order valence-electron chi connectivity index (χ1n) is 5.82. The number of nitrogens with one attached hydrogen (secondary N) is 1. The molecule has 2 aromatic rings. The molecule has 0 aliphatic rings. The lowest BCUT2D eigenvalue weighted by molar-refractivity contribution is -0.137. The molecule has 7 heteroatoms. The van der Waals surface area contributed by atoms with Gasteiger partial charge in [0, 0.05) is 15.0 Å². The van der Waals surface area contributed by atoms with Gasteiger partial charge < -0.3 is 5.32 Å². The topological polar surface area (TPSA) is 24.9 Å². The minimum atomic E-state index is -4.39. The lowest BCUT2D eigenvalue weighted by Gasteiger charge is -2.19. The fourth-order valence-corrected chi connectivity index (χ4v) is 3.07. The van der Waals surface area contributed by atoms with Gasteiger partial charge in [-0.2, -0.15) is 13.2 Å². The van der Waals surface area contributed by atoms with Gasteiger partial charge in [0.25, 0.3) is 0 Å². The SMILES string of the molecule is Cc1ncsc1C(C)Nc1ccc(Br)cc1C(F)(F)F. The van der Waals surface area contributed by atoms with Crippen LogP contribution < -0.4 is 5.32 Å². The number of aryl methyl sites for hydroxylation is 1. The van der Waals surface area contributed by atoms with Gasteiger partial charge in [-0.1, -0.05) is 15.9 Å². The average Bonchev–Trinajstić information content (AvgIpc) is 2.76. The Hall–Kier alpha value is -1.08. The van der Waals surface area contributed by atoms with Gasteiger partial charge in [-0.15, -0.1) is 11.3 Å². The number of halogens is 4. The summed E-state index contributed by atoms with van der Waals surface area (Å²) in [5, 5.41) is 2.92. The normalized spacial score (nSPS) is 13.3. The molecule has 1 unspecified atom stereocenters. The number of nitrogens with zero attached hydrogens (tertiary/aromatic N) is 1. The maximum absolute atomic E-state index is 13.0. The van der Waals surface area contributed by atoms with E-state index in [4.69, 9.17) is 0 Å². The number of alkyl halides is 3. The molecule has 0 spiro atoms. The maximum Gasteiger partial charge on any atom is 0.418 e. The van der Waals surface area contributed by atoms with E-state index >= 15 is 0 Å². The Morgan fingerprint density at radius 1 is 1.35 bits per heavy atom. The van der Waals surface area contributed by atoms with E-state index in [2.05, 4.69) is 26.2 Å². The molecule has 0 fully saturated rings. The lowest BCUT2D eigenvalue weighted by Crippen LogP contribution is -2.13. The Morgan fingerprint density at radius 3 is 2.60 bits per heavy atom. The Labute approximate surface area is 127 Å². The third-order valence-electron chi connectivity index (χ3n) is 2.83. The van der Waals surface area contributed by atoms with Gasteiger partial charge in [0.05, 0.1) is 22.8 Å². The number of benzene rings is 1. The third-order valence-corrected chi connectivity index (χ3v) is 4.44. The van der Waals surface area contributed by atoms with Crippen molar-refractivity contribution in [1.29, 1.82) is 0 Å². The van der Waals surface area contributed by atoms with Crippen molar-refractivity contribution in [3.8, 4) is 0 Å². The Balaban J connectivity index is 2.32. The Morgan fingerprint density at radius 2 is 2.05 bits per heavy atom. The number of hydrogen-bond donors (Lipinski definition) is 1. The first-order valence-corrected chi connectivity index (χ1v) is 7.49. The highest BCUT2D eigenvalue weighted by Gasteiger charge is 2.34. The largest absolute Gasteiger partial charge is 0.418 e. The van der Waals surface area contributed by atoms with Gasteiger partial charge in [-0.25, -0.2) is 4.98 Å². The van der Waals surface area contributed by atoms with Gasteiger partial charge in [0.2, 0.25) is 0 Å². The van der Waals surface area contributed by atoms with E-state index in [-0.39, 0.29) is 11.7 Å². The molecule has 0 saturated carbocycles. The van der Waals surface area contributed by atoms with Crippen molar-refractivity contribution in [2.75, 3.05) is 5.32 Å². The minimum absolute atomic E-state index is 0.0704. The standard InChI is InChI=1S/C13H12BrF3N2S/c1-7-12(20-6-18-7)8(2)19-11-4-3-9(14)5-10(11)13(15,16)17/h3-6,8,19H,1-2H3. The third kappa shape index (κ3) is 3.32. The van der Waals surface area contributed by atoms with Crippen LogP contribution in [0, 0.1) is 6.92 Å². The smallest absolute Gasteiger partial charge is 0.377 e. The zero-order chi connectivity index (χ0) is 14.9. The maximum atomic E-state index is 13.0. The molecular formula is C13H12BrF3N2S. The highest BCUT2D eigenvalue weighted by Crippen LogP contribution is 2.38. The molecule has 1 atom stereocenters. The number of thiazole rings is 1. The molecule has 1 aromatic carbocycles. The summed E-state index contributed by atoms with van der Waals surface area (Å²) in [4.78, 5) is 5.04. The predicted molar refractivity (Wildman–Crippen MR) is 78.0 cm³/mol. The van der Waals surface area contributed by atoms with E-state index in [1.807, 2.05) is 13.8 Å². The van der Waals surface area contributed by atoms with E-state index in [1.54, 1.807) is 11.6 Å². The van der Waals surface area contributed by atoms with Crippen molar-refractivity contribution in [2.24, 2.45) is 0 Å². The van der Waals surface area contributed by atoms with Crippen LogP contribution in [0.5, 0.6) is 0 Å². The summed E-state index contributed by atoms with van der Waals surface area (Å²) in [6.45, 7) is 3.67. The quantitative estimate of drug-likeness (QED) is 0.787. The zero-order valence-corrected chi connectivity index (χ0v) is 13.2. The van der Waals surface area contributed by atoms with E-state index in [0.29, 0.717) is 4.47 Å². The molecule has 1 N–H and O–H groups in total. The van der Waals surface area contributed by atoms with Crippen LogP contribution in [-0.2, 0) is 6.18 Å². The van der Waals surface area contributed by atoms with Crippen molar-refractivity contribution < 1.29 is 13.2 Å². The second-order valence-electron chi connectivity index (χ2n) is 4.36. The van der Waals surface area contributed by atoms with E-state index in [9.17, 15) is 13.2 Å². The Bertz CT molecular complexity index is 610. The van der Waals surface area contributed by atoms with Crippen molar-refractivity contribution in [1.82, 2.24) is 4.98 Å². The summed E-state index contributed by atoms with van der Waals surface area (Å²) in [5.41, 5.74) is 1.91. The summed E-state index contributed by atoms with van der Waals surface area (Å²) in [5.74, 6) is 0.